The first-order valence-electron chi connectivity index (χ1n) is 4.55. The molecular weight excluding hydrogens is 244 g/mol. The first-order chi connectivity index (χ1) is 6.70. The van der Waals surface area contributed by atoms with E-state index in [0.29, 0.717) is 11.5 Å². The van der Waals surface area contributed by atoms with Gasteiger partial charge in [0.05, 0.1) is 11.3 Å². The van der Waals surface area contributed by atoms with Crippen LogP contribution in [0.2, 0.25) is 0 Å². The number of carbonyl (C=O) groups is 1. The van der Waals surface area contributed by atoms with Crippen LogP contribution in [0.25, 0.3) is 0 Å². The van der Waals surface area contributed by atoms with Gasteiger partial charge in [0.15, 0.2) is 0 Å². The van der Waals surface area contributed by atoms with Gasteiger partial charge >= 0.3 is 0 Å². The van der Waals surface area contributed by atoms with Crippen molar-refractivity contribution in [3.63, 3.8) is 0 Å². The van der Waals surface area contributed by atoms with Crippen LogP contribution in [0.1, 0.15) is 6.92 Å². The summed E-state index contributed by atoms with van der Waals surface area (Å²) in [5.41, 5.74) is 1.51. The normalized spacial score (nSPS) is 30.3. The summed E-state index contributed by atoms with van der Waals surface area (Å²) in [6.45, 7) is 1.87. The second kappa shape index (κ2) is 3.69. The number of hydrogen-bond acceptors (Lipinski definition) is 2. The van der Waals surface area contributed by atoms with Crippen molar-refractivity contribution in [1.29, 1.82) is 0 Å². The lowest BCUT2D eigenvalue weighted by Gasteiger charge is -2.23. The fraction of sp³-hybridized carbons (Fsp3) is 0.400. The third kappa shape index (κ3) is 1.66. The third-order valence-electron chi connectivity index (χ3n) is 2.25. The lowest BCUT2D eigenvalue weighted by atomic mass is 9.95. The van der Waals surface area contributed by atoms with Crippen LogP contribution in [-0.2, 0) is 4.79 Å². The Balaban J connectivity index is 2.35. The number of hydrogen-bond donors (Lipinski definition) is 1. The molecule has 14 heavy (non-hydrogen) atoms. The molecule has 1 aliphatic heterocycles. The minimum atomic E-state index is -0.111. The molecule has 0 radical (unpaired) electrons. The number of fused-ring (bicyclic) bond motifs is 1. The summed E-state index contributed by atoms with van der Waals surface area (Å²) in [6, 6.07) is 0. The predicted octanol–water partition coefficient (Wildman–Crippen LogP) is 1.41. The zero-order chi connectivity index (χ0) is 10.1. The number of nitrogens with one attached hydrogen (secondary N) is 1. The summed E-state index contributed by atoms with van der Waals surface area (Å²) in [5, 5.41) is 3.62. The number of aliphatic imine (C=N–C) groups is 1. The Hall–Kier alpha value is -0.900. The molecule has 0 bridgehead atoms. The molecule has 1 heterocycles. The quantitative estimate of drug-likeness (QED) is 0.707. The van der Waals surface area contributed by atoms with Crippen molar-refractivity contribution in [2.45, 2.75) is 13.1 Å². The maximum atomic E-state index is 11.6. The molecule has 0 saturated heterocycles. The molecule has 2 rings (SSSR count). The molecule has 74 valence electrons. The number of halogens is 1. The highest BCUT2D eigenvalue weighted by Crippen LogP contribution is 2.19. The van der Waals surface area contributed by atoms with Gasteiger partial charge in [-0.25, -0.2) is 0 Å². The van der Waals surface area contributed by atoms with Crippen molar-refractivity contribution in [1.82, 2.24) is 5.32 Å². The summed E-state index contributed by atoms with van der Waals surface area (Å²) in [4.78, 5) is 15.9. The van der Waals surface area contributed by atoms with Crippen molar-refractivity contribution in [3.05, 3.63) is 23.8 Å². The molecule has 1 N–H and O–H groups in total. The number of amides is 1. The molecule has 2 unspecified atom stereocenters. The second-order valence-electron chi connectivity index (χ2n) is 3.42. The largest absolute Gasteiger partial charge is 0.330 e. The number of carbonyl (C=O) groups excluding carboxylic acids is 1. The van der Waals surface area contributed by atoms with Gasteiger partial charge in [-0.2, -0.15) is 0 Å². The highest BCUT2D eigenvalue weighted by molar-refractivity contribution is 9.09. The first-order valence-corrected chi connectivity index (χ1v) is 5.68. The molecule has 0 aromatic rings. The van der Waals surface area contributed by atoms with Gasteiger partial charge in [0.2, 0.25) is 0 Å². The lowest BCUT2D eigenvalue weighted by molar-refractivity contribution is -0.117. The fourth-order valence-electron chi connectivity index (χ4n) is 1.57. The van der Waals surface area contributed by atoms with Crippen LogP contribution < -0.4 is 5.32 Å². The van der Waals surface area contributed by atoms with Crippen LogP contribution in [0.4, 0.5) is 0 Å². The van der Waals surface area contributed by atoms with Crippen molar-refractivity contribution in [2.75, 3.05) is 5.33 Å². The van der Waals surface area contributed by atoms with Crippen molar-refractivity contribution in [3.8, 4) is 0 Å². The Kier molecular flexibility index (Phi) is 2.54. The molecule has 3 nitrogen and oxygen atoms in total. The molecule has 1 aliphatic carbocycles. The van der Waals surface area contributed by atoms with Crippen LogP contribution >= 0.6 is 15.9 Å². The molecule has 0 saturated carbocycles. The van der Waals surface area contributed by atoms with Crippen LogP contribution in [-0.4, -0.2) is 23.1 Å². The van der Waals surface area contributed by atoms with Gasteiger partial charge in [0, 0.05) is 11.2 Å². The maximum Gasteiger partial charge on any atom is 0.254 e. The van der Waals surface area contributed by atoms with E-state index in [0.717, 1.165) is 11.0 Å². The summed E-state index contributed by atoms with van der Waals surface area (Å²) in [6.07, 6.45) is 5.83. The third-order valence-corrected chi connectivity index (χ3v) is 3.00. The van der Waals surface area contributed by atoms with Crippen LogP contribution in [0.3, 0.4) is 0 Å². The number of nitrogens with zero attached hydrogens (tertiary/aromatic N) is 1. The molecule has 0 aromatic carbocycles. The lowest BCUT2D eigenvalue weighted by Crippen LogP contribution is -2.40. The average molecular weight is 255 g/mol. The van der Waals surface area contributed by atoms with Crippen LogP contribution in [0.15, 0.2) is 28.8 Å². The van der Waals surface area contributed by atoms with E-state index < -0.39 is 0 Å². The Morgan fingerprint density at radius 3 is 3.14 bits per heavy atom. The van der Waals surface area contributed by atoms with Gasteiger partial charge in [0.1, 0.15) is 6.17 Å². The Labute approximate surface area is 91.1 Å². The van der Waals surface area contributed by atoms with Gasteiger partial charge < -0.3 is 5.32 Å². The predicted molar refractivity (Wildman–Crippen MR) is 59.5 cm³/mol. The van der Waals surface area contributed by atoms with Gasteiger partial charge in [-0.1, -0.05) is 28.1 Å². The Bertz CT molecular complexity index is 357. The minimum Gasteiger partial charge on any atom is -0.330 e. The molecule has 0 spiro atoms. The molecule has 1 amide bonds. The zero-order valence-corrected chi connectivity index (χ0v) is 9.41. The van der Waals surface area contributed by atoms with Gasteiger partial charge in [-0.3, -0.25) is 9.79 Å². The standard InChI is InChI=1S/C10H11BrN2O/c1-6-12-9-3-2-7(5-11)4-8(9)10(14)13-6/h2-4,6-7H,5H2,1H3,(H,13,14). The molecule has 4 heteroatoms. The molecule has 0 fully saturated rings. The van der Waals surface area contributed by atoms with E-state index in [1.807, 2.05) is 19.1 Å². The maximum absolute atomic E-state index is 11.6. The summed E-state index contributed by atoms with van der Waals surface area (Å²) in [7, 11) is 0. The number of rotatable bonds is 1. The van der Waals surface area contributed by atoms with E-state index in [1.54, 1.807) is 0 Å². The molecule has 0 aromatic heterocycles. The van der Waals surface area contributed by atoms with Gasteiger partial charge in [-0.15, -0.1) is 0 Å². The Morgan fingerprint density at radius 1 is 1.64 bits per heavy atom. The number of allylic oxidation sites excluding steroid dienone is 3. The smallest absolute Gasteiger partial charge is 0.254 e. The van der Waals surface area contributed by atoms with Crippen LogP contribution in [0, 0.1) is 5.92 Å². The van der Waals surface area contributed by atoms with Crippen LogP contribution in [0.5, 0.6) is 0 Å². The SMILES string of the molecule is CC1N=C2C=CC(CBr)C=C2C(=O)N1. The molecule has 2 atom stereocenters. The fourth-order valence-corrected chi connectivity index (χ4v) is 1.97. The summed E-state index contributed by atoms with van der Waals surface area (Å²) in [5.74, 6) is 0.279. The average Bonchev–Trinajstić information content (AvgIpc) is 2.17. The van der Waals surface area contributed by atoms with E-state index in [1.165, 1.54) is 0 Å². The Morgan fingerprint density at radius 2 is 2.43 bits per heavy atom. The van der Waals surface area contributed by atoms with Gasteiger partial charge in [0.25, 0.3) is 5.91 Å². The second-order valence-corrected chi connectivity index (χ2v) is 4.07. The minimum absolute atomic E-state index is 0.0159. The molecule has 2 aliphatic rings. The topological polar surface area (TPSA) is 41.5 Å². The first kappa shape index (κ1) is 9.65. The van der Waals surface area contributed by atoms with Gasteiger partial charge in [-0.05, 0) is 13.0 Å². The van der Waals surface area contributed by atoms with E-state index in [4.69, 9.17) is 0 Å². The van der Waals surface area contributed by atoms with E-state index in [-0.39, 0.29) is 12.1 Å². The van der Waals surface area contributed by atoms with E-state index in [2.05, 4.69) is 32.3 Å². The van der Waals surface area contributed by atoms with Crippen molar-refractivity contribution in [2.24, 2.45) is 10.9 Å². The van der Waals surface area contributed by atoms with Crippen molar-refractivity contribution >= 4 is 27.5 Å². The molecular formula is C10H11BrN2O. The summed E-state index contributed by atoms with van der Waals surface area (Å²) < 4.78 is 0. The number of alkyl halides is 1. The highest BCUT2D eigenvalue weighted by atomic mass is 79.9. The monoisotopic (exact) mass is 254 g/mol. The highest BCUT2D eigenvalue weighted by Gasteiger charge is 2.24. The van der Waals surface area contributed by atoms with Crippen molar-refractivity contribution < 1.29 is 4.79 Å². The zero-order valence-electron chi connectivity index (χ0n) is 7.83. The summed E-state index contributed by atoms with van der Waals surface area (Å²) >= 11 is 3.39. The van der Waals surface area contributed by atoms with E-state index >= 15 is 0 Å². The van der Waals surface area contributed by atoms with E-state index in [9.17, 15) is 4.79 Å².